The van der Waals surface area contributed by atoms with Gasteiger partial charge >= 0.3 is 0 Å². The molecule has 16 heavy (non-hydrogen) atoms. The van der Waals surface area contributed by atoms with Crippen LogP contribution >= 0.6 is 11.6 Å². The number of benzene rings is 1. The van der Waals surface area contributed by atoms with Crippen molar-refractivity contribution >= 4 is 29.0 Å². The van der Waals surface area contributed by atoms with Crippen LogP contribution in [-0.2, 0) is 0 Å². The third kappa shape index (κ3) is 1.31. The van der Waals surface area contributed by atoms with E-state index in [1.165, 1.54) is 0 Å². The second kappa shape index (κ2) is 3.36. The molecule has 0 radical (unpaired) electrons. The third-order valence-electron chi connectivity index (χ3n) is 2.42. The highest BCUT2D eigenvalue weighted by Crippen LogP contribution is 2.24. The number of hydrazine groups is 2. The molecule has 3 rings (SSSR count). The standard InChI is InChI=1S/C9H9ClN6/c10-5-3-1-2-4-6(5)16-14-7-8(11)12-13-9(7)15-16/h1-4,7,14H,(H2,11,12)(H,13,15). The lowest BCUT2D eigenvalue weighted by molar-refractivity contribution is 0.689. The van der Waals surface area contributed by atoms with Gasteiger partial charge in [0.25, 0.3) is 0 Å². The summed E-state index contributed by atoms with van der Waals surface area (Å²) >= 11 is 6.07. The second-order valence-corrected chi connectivity index (χ2v) is 3.88. The van der Waals surface area contributed by atoms with E-state index < -0.39 is 0 Å². The number of anilines is 1. The van der Waals surface area contributed by atoms with Crippen LogP contribution in [0, 0.1) is 0 Å². The van der Waals surface area contributed by atoms with Crippen molar-refractivity contribution in [1.82, 2.24) is 10.9 Å². The van der Waals surface area contributed by atoms with Crippen LogP contribution in [0.4, 0.5) is 5.69 Å². The lowest BCUT2D eigenvalue weighted by atomic mass is 10.3. The molecule has 1 atom stereocenters. The number of hydrogen-bond donors (Lipinski definition) is 3. The zero-order valence-corrected chi connectivity index (χ0v) is 8.94. The van der Waals surface area contributed by atoms with Crippen LogP contribution in [0.2, 0.25) is 5.02 Å². The van der Waals surface area contributed by atoms with Gasteiger partial charge in [0.2, 0.25) is 0 Å². The zero-order chi connectivity index (χ0) is 11.1. The first kappa shape index (κ1) is 9.44. The normalized spacial score (nSPS) is 22.6. The van der Waals surface area contributed by atoms with Crippen LogP contribution in [0.3, 0.4) is 0 Å². The van der Waals surface area contributed by atoms with Crippen molar-refractivity contribution in [1.29, 1.82) is 0 Å². The van der Waals surface area contributed by atoms with Gasteiger partial charge in [0, 0.05) is 0 Å². The van der Waals surface area contributed by atoms with E-state index in [1.807, 2.05) is 24.3 Å². The summed E-state index contributed by atoms with van der Waals surface area (Å²) < 4.78 is 0. The summed E-state index contributed by atoms with van der Waals surface area (Å²) in [5, 5.41) is 10.00. The molecule has 0 spiro atoms. The Bertz CT molecular complexity index is 497. The first-order valence-electron chi connectivity index (χ1n) is 4.74. The lowest BCUT2D eigenvalue weighted by Gasteiger charge is -2.19. The molecule has 0 aromatic heterocycles. The van der Waals surface area contributed by atoms with Gasteiger partial charge in [-0.1, -0.05) is 23.7 Å². The van der Waals surface area contributed by atoms with Crippen LogP contribution in [-0.4, -0.2) is 17.7 Å². The van der Waals surface area contributed by atoms with E-state index in [0.29, 0.717) is 16.7 Å². The molecule has 0 aliphatic carbocycles. The second-order valence-electron chi connectivity index (χ2n) is 3.47. The van der Waals surface area contributed by atoms with Crippen LogP contribution in [0.1, 0.15) is 0 Å². The number of nitrogens with one attached hydrogen (secondary N) is 2. The maximum atomic E-state index is 6.07. The van der Waals surface area contributed by atoms with Gasteiger partial charge < -0.3 is 5.73 Å². The Morgan fingerprint density at radius 1 is 1.31 bits per heavy atom. The summed E-state index contributed by atoms with van der Waals surface area (Å²) in [6.45, 7) is 0. The maximum absolute atomic E-state index is 6.07. The lowest BCUT2D eigenvalue weighted by Crippen LogP contribution is -2.44. The molecule has 1 fully saturated rings. The molecule has 0 amide bonds. The van der Waals surface area contributed by atoms with Gasteiger partial charge in [-0.3, -0.25) is 5.43 Å². The van der Waals surface area contributed by atoms with Gasteiger partial charge in [0.1, 0.15) is 11.9 Å². The van der Waals surface area contributed by atoms with E-state index in [4.69, 9.17) is 17.3 Å². The number of nitrogens with zero attached hydrogens (tertiary/aromatic N) is 3. The fraction of sp³-hybridized carbons (Fsp3) is 0.111. The van der Waals surface area contributed by atoms with Crippen molar-refractivity contribution in [3.05, 3.63) is 29.3 Å². The number of nitrogens with two attached hydrogens (primary N) is 1. The van der Waals surface area contributed by atoms with E-state index >= 15 is 0 Å². The van der Waals surface area contributed by atoms with Crippen LogP contribution in [0.5, 0.6) is 0 Å². The average Bonchev–Trinajstić information content (AvgIpc) is 2.82. The van der Waals surface area contributed by atoms with Crippen LogP contribution in [0.25, 0.3) is 0 Å². The van der Waals surface area contributed by atoms with Crippen LogP contribution in [0.15, 0.2) is 34.5 Å². The van der Waals surface area contributed by atoms with Crippen molar-refractivity contribution < 1.29 is 0 Å². The molecule has 1 aromatic carbocycles. The van der Waals surface area contributed by atoms with Crippen molar-refractivity contribution in [2.45, 2.75) is 6.04 Å². The molecule has 0 saturated carbocycles. The highest BCUT2D eigenvalue weighted by Gasteiger charge is 2.35. The molecule has 1 saturated heterocycles. The third-order valence-corrected chi connectivity index (χ3v) is 2.74. The highest BCUT2D eigenvalue weighted by molar-refractivity contribution is 6.33. The SMILES string of the molecule is NC1=NN=C2NN(c3ccccc3Cl)NC12. The van der Waals surface area contributed by atoms with Crippen molar-refractivity contribution in [2.75, 3.05) is 5.12 Å². The highest BCUT2D eigenvalue weighted by atomic mass is 35.5. The first-order valence-corrected chi connectivity index (χ1v) is 5.12. The molecule has 7 heteroatoms. The summed E-state index contributed by atoms with van der Waals surface area (Å²) in [5.74, 6) is 1.12. The molecule has 0 bridgehead atoms. The van der Waals surface area contributed by atoms with Gasteiger partial charge in [-0.25, -0.2) is 5.12 Å². The fourth-order valence-electron chi connectivity index (χ4n) is 1.62. The summed E-state index contributed by atoms with van der Waals surface area (Å²) in [6.07, 6.45) is 0. The predicted octanol–water partition coefficient (Wildman–Crippen LogP) is 0.222. The molecule has 2 aliphatic rings. The van der Waals surface area contributed by atoms with Crippen molar-refractivity contribution in [3.8, 4) is 0 Å². The Morgan fingerprint density at radius 2 is 2.12 bits per heavy atom. The maximum Gasteiger partial charge on any atom is 0.171 e. The topological polar surface area (TPSA) is 78.0 Å². The Hall–Kier alpha value is -1.79. The van der Waals surface area contributed by atoms with E-state index in [0.717, 1.165) is 5.69 Å². The van der Waals surface area contributed by atoms with Gasteiger partial charge in [-0.15, -0.1) is 10.2 Å². The monoisotopic (exact) mass is 236 g/mol. The molecule has 6 nitrogen and oxygen atoms in total. The largest absolute Gasteiger partial charge is 0.384 e. The van der Waals surface area contributed by atoms with E-state index in [9.17, 15) is 0 Å². The molecular formula is C9H9ClN6. The summed E-state index contributed by atoms with van der Waals surface area (Å²) in [4.78, 5) is 0. The van der Waals surface area contributed by atoms with E-state index in [-0.39, 0.29) is 6.04 Å². The minimum absolute atomic E-state index is 0.184. The average molecular weight is 237 g/mol. The summed E-state index contributed by atoms with van der Waals surface area (Å²) in [6, 6.07) is 7.29. The molecule has 4 N–H and O–H groups in total. The van der Waals surface area contributed by atoms with Gasteiger partial charge in [0.05, 0.1) is 10.7 Å². The van der Waals surface area contributed by atoms with Gasteiger partial charge in [-0.05, 0) is 12.1 Å². The number of fused-ring (bicyclic) bond motifs is 1. The molecule has 1 unspecified atom stereocenters. The molecule has 2 aliphatic heterocycles. The van der Waals surface area contributed by atoms with Gasteiger partial charge in [0.15, 0.2) is 5.84 Å². The number of para-hydroxylation sites is 1. The van der Waals surface area contributed by atoms with E-state index in [1.54, 1.807) is 5.12 Å². The summed E-state index contributed by atoms with van der Waals surface area (Å²) in [7, 11) is 0. The zero-order valence-electron chi connectivity index (χ0n) is 8.18. The molecular weight excluding hydrogens is 228 g/mol. The Kier molecular flexibility index (Phi) is 1.98. The Balaban J connectivity index is 1.88. The molecule has 1 aromatic rings. The van der Waals surface area contributed by atoms with E-state index in [2.05, 4.69) is 21.1 Å². The minimum atomic E-state index is -0.184. The van der Waals surface area contributed by atoms with Crippen molar-refractivity contribution in [3.63, 3.8) is 0 Å². The molecule has 82 valence electrons. The van der Waals surface area contributed by atoms with Crippen molar-refractivity contribution in [2.24, 2.45) is 15.9 Å². The smallest absolute Gasteiger partial charge is 0.171 e. The van der Waals surface area contributed by atoms with Gasteiger partial charge in [-0.2, -0.15) is 5.43 Å². The van der Waals surface area contributed by atoms with Crippen LogP contribution < -0.4 is 21.7 Å². The Morgan fingerprint density at radius 3 is 2.88 bits per heavy atom. The first-order chi connectivity index (χ1) is 7.75. The minimum Gasteiger partial charge on any atom is -0.384 e. The number of amidine groups is 2. The fourth-order valence-corrected chi connectivity index (χ4v) is 1.84. The molecule has 2 heterocycles. The number of halogens is 1. The number of hydrogen-bond acceptors (Lipinski definition) is 6. The predicted molar refractivity (Wildman–Crippen MR) is 63.0 cm³/mol. The number of rotatable bonds is 1. The summed E-state index contributed by atoms with van der Waals surface area (Å²) in [5.41, 5.74) is 12.6. The Labute approximate surface area is 96.7 Å². The quantitative estimate of drug-likeness (QED) is 0.652.